The summed E-state index contributed by atoms with van der Waals surface area (Å²) in [6.45, 7) is 4.91. The normalized spacial score (nSPS) is 16.8. The zero-order valence-electron chi connectivity index (χ0n) is 12.3. The Hall–Kier alpha value is -0.820. The van der Waals surface area contributed by atoms with Crippen molar-refractivity contribution in [1.29, 1.82) is 0 Å². The molecule has 0 aromatic heterocycles. The summed E-state index contributed by atoms with van der Waals surface area (Å²) in [6.07, 6.45) is 0. The van der Waals surface area contributed by atoms with Crippen LogP contribution in [-0.4, -0.2) is 57.7 Å². The Bertz CT molecular complexity index is 656. The first-order valence-corrected chi connectivity index (χ1v) is 9.47. The molecule has 1 aliphatic rings. The van der Waals surface area contributed by atoms with Crippen LogP contribution < -0.4 is 4.90 Å². The lowest BCUT2D eigenvalue weighted by Gasteiger charge is -2.31. The van der Waals surface area contributed by atoms with E-state index < -0.39 is 9.84 Å². The van der Waals surface area contributed by atoms with E-state index in [0.29, 0.717) is 24.7 Å². The first kappa shape index (κ1) is 17.5. The monoisotopic (exact) mass is 365 g/mol. The molecular formula is C14H19Cl2N2O3S+. The van der Waals surface area contributed by atoms with Gasteiger partial charge in [-0.3, -0.25) is 4.79 Å². The van der Waals surface area contributed by atoms with Crippen LogP contribution >= 0.6 is 23.2 Å². The molecule has 0 saturated carbocycles. The number of hydrogen-bond donors (Lipinski definition) is 1. The Kier molecular flexibility index (Phi) is 5.71. The van der Waals surface area contributed by atoms with Crippen molar-refractivity contribution >= 4 is 38.9 Å². The number of carbonyl (C=O) groups is 1. The van der Waals surface area contributed by atoms with Gasteiger partial charge in [0.15, 0.2) is 9.84 Å². The standard InChI is InChI=1S/C14H18Cl2N2O3S/c1-11(19)18-6-4-17(5-7-18)8-9-22(20,21)14-10-12(15)2-3-13(14)16/h2-3,10H,4-9H2,1H3/p+1. The van der Waals surface area contributed by atoms with Gasteiger partial charge >= 0.3 is 0 Å². The van der Waals surface area contributed by atoms with Crippen LogP contribution in [0.25, 0.3) is 0 Å². The van der Waals surface area contributed by atoms with Crippen molar-refractivity contribution < 1.29 is 18.1 Å². The van der Waals surface area contributed by atoms with Gasteiger partial charge in [0.05, 0.1) is 42.6 Å². The average molecular weight is 366 g/mol. The maximum atomic E-state index is 12.4. The van der Waals surface area contributed by atoms with Gasteiger partial charge in [0.25, 0.3) is 0 Å². The first-order valence-electron chi connectivity index (χ1n) is 7.06. The summed E-state index contributed by atoms with van der Waals surface area (Å²) in [5, 5.41) is 0.547. The molecule has 1 aromatic rings. The lowest BCUT2D eigenvalue weighted by atomic mass is 10.3. The summed E-state index contributed by atoms with van der Waals surface area (Å²) in [4.78, 5) is 14.3. The minimum absolute atomic E-state index is 0.0163. The fourth-order valence-corrected chi connectivity index (χ4v) is 4.65. The fourth-order valence-electron chi connectivity index (χ4n) is 2.49. The van der Waals surface area contributed by atoms with E-state index in [2.05, 4.69) is 0 Å². The van der Waals surface area contributed by atoms with Gasteiger partial charge in [-0.05, 0) is 18.2 Å². The van der Waals surface area contributed by atoms with Crippen molar-refractivity contribution in [3.8, 4) is 0 Å². The molecule has 5 nitrogen and oxygen atoms in total. The van der Waals surface area contributed by atoms with Gasteiger partial charge in [-0.25, -0.2) is 8.42 Å². The van der Waals surface area contributed by atoms with E-state index in [1.165, 1.54) is 17.0 Å². The number of piperazine rings is 1. The molecule has 0 bridgehead atoms. The van der Waals surface area contributed by atoms with Crippen molar-refractivity contribution in [2.45, 2.75) is 11.8 Å². The van der Waals surface area contributed by atoms with E-state index in [4.69, 9.17) is 23.2 Å². The van der Waals surface area contributed by atoms with E-state index >= 15 is 0 Å². The van der Waals surface area contributed by atoms with Gasteiger partial charge in [0.2, 0.25) is 5.91 Å². The van der Waals surface area contributed by atoms with Crippen LogP contribution in [0.4, 0.5) is 0 Å². The molecule has 2 rings (SSSR count). The SMILES string of the molecule is CC(=O)N1CC[NH+](CCS(=O)(=O)c2cc(Cl)ccc2Cl)CC1. The number of nitrogens with one attached hydrogen (secondary N) is 1. The molecule has 0 spiro atoms. The third kappa shape index (κ3) is 4.35. The highest BCUT2D eigenvalue weighted by molar-refractivity contribution is 7.91. The van der Waals surface area contributed by atoms with Crippen LogP contribution in [-0.2, 0) is 14.6 Å². The van der Waals surface area contributed by atoms with E-state index in [0.717, 1.165) is 13.1 Å². The molecule has 1 aromatic carbocycles. The van der Waals surface area contributed by atoms with Gasteiger partial charge in [0.1, 0.15) is 5.75 Å². The highest BCUT2D eigenvalue weighted by Gasteiger charge is 2.25. The third-order valence-corrected chi connectivity index (χ3v) is 6.29. The van der Waals surface area contributed by atoms with Gasteiger partial charge in [0, 0.05) is 11.9 Å². The number of quaternary nitrogens is 1. The number of benzene rings is 1. The first-order chi connectivity index (χ1) is 10.3. The Balaban J connectivity index is 1.96. The summed E-state index contributed by atoms with van der Waals surface area (Å²) in [5.74, 6) is 0.0834. The molecule has 0 atom stereocenters. The minimum atomic E-state index is -3.46. The van der Waals surface area contributed by atoms with Crippen LogP contribution in [0.15, 0.2) is 23.1 Å². The second-order valence-corrected chi connectivity index (χ2v) is 8.32. The van der Waals surface area contributed by atoms with Crippen molar-refractivity contribution in [2.75, 3.05) is 38.5 Å². The molecule has 1 N–H and O–H groups in total. The van der Waals surface area contributed by atoms with Gasteiger partial charge in [-0.1, -0.05) is 23.2 Å². The molecule has 1 fully saturated rings. The summed E-state index contributed by atoms with van der Waals surface area (Å²) >= 11 is 11.8. The molecule has 0 radical (unpaired) electrons. The second-order valence-electron chi connectivity index (χ2n) is 5.40. The third-order valence-electron chi connectivity index (χ3n) is 3.87. The summed E-state index contributed by atoms with van der Waals surface area (Å²) in [6, 6.07) is 4.45. The number of carbonyl (C=O) groups excluding carboxylic acids is 1. The van der Waals surface area contributed by atoms with E-state index in [9.17, 15) is 13.2 Å². The minimum Gasteiger partial charge on any atom is -0.332 e. The zero-order chi connectivity index (χ0) is 16.3. The lowest BCUT2D eigenvalue weighted by molar-refractivity contribution is -0.901. The second kappa shape index (κ2) is 7.17. The van der Waals surface area contributed by atoms with Crippen molar-refractivity contribution in [3.63, 3.8) is 0 Å². The zero-order valence-corrected chi connectivity index (χ0v) is 14.6. The summed E-state index contributed by atoms with van der Waals surface area (Å²) < 4.78 is 24.8. The summed E-state index contributed by atoms with van der Waals surface area (Å²) in [5.41, 5.74) is 0. The molecule has 122 valence electrons. The fraction of sp³-hybridized carbons (Fsp3) is 0.500. The molecule has 22 heavy (non-hydrogen) atoms. The number of sulfone groups is 1. The highest BCUT2D eigenvalue weighted by atomic mass is 35.5. The molecular weight excluding hydrogens is 347 g/mol. The highest BCUT2D eigenvalue weighted by Crippen LogP contribution is 2.25. The number of amides is 1. The number of hydrogen-bond acceptors (Lipinski definition) is 3. The van der Waals surface area contributed by atoms with E-state index in [-0.39, 0.29) is 21.6 Å². The smallest absolute Gasteiger partial charge is 0.219 e. The quantitative estimate of drug-likeness (QED) is 0.845. The Morgan fingerprint density at radius 3 is 2.50 bits per heavy atom. The van der Waals surface area contributed by atoms with Crippen LogP contribution in [0.5, 0.6) is 0 Å². The Labute approximate surface area is 140 Å². The molecule has 0 aliphatic carbocycles. The van der Waals surface area contributed by atoms with Crippen molar-refractivity contribution in [1.82, 2.24) is 4.90 Å². The van der Waals surface area contributed by atoms with Gasteiger partial charge < -0.3 is 9.80 Å². The molecule has 1 saturated heterocycles. The Morgan fingerprint density at radius 1 is 1.27 bits per heavy atom. The number of nitrogens with zero attached hydrogens (tertiary/aromatic N) is 1. The van der Waals surface area contributed by atoms with Crippen molar-refractivity contribution in [2.24, 2.45) is 0 Å². The van der Waals surface area contributed by atoms with Crippen LogP contribution in [0, 0.1) is 0 Å². The maximum Gasteiger partial charge on any atom is 0.219 e. The molecule has 0 unspecified atom stereocenters. The van der Waals surface area contributed by atoms with E-state index in [1.807, 2.05) is 0 Å². The molecule has 8 heteroatoms. The Morgan fingerprint density at radius 2 is 1.91 bits per heavy atom. The van der Waals surface area contributed by atoms with Crippen LogP contribution in [0.3, 0.4) is 0 Å². The average Bonchev–Trinajstić information content (AvgIpc) is 2.48. The van der Waals surface area contributed by atoms with Crippen LogP contribution in [0.2, 0.25) is 10.0 Å². The predicted molar refractivity (Wildman–Crippen MR) is 86.3 cm³/mol. The number of halogens is 2. The van der Waals surface area contributed by atoms with E-state index in [1.54, 1.807) is 17.9 Å². The van der Waals surface area contributed by atoms with Gasteiger partial charge in [-0.2, -0.15) is 0 Å². The van der Waals surface area contributed by atoms with Crippen molar-refractivity contribution in [3.05, 3.63) is 28.2 Å². The molecule has 1 amide bonds. The maximum absolute atomic E-state index is 12.4. The predicted octanol–water partition coefficient (Wildman–Crippen LogP) is 0.514. The topological polar surface area (TPSA) is 58.9 Å². The summed E-state index contributed by atoms with van der Waals surface area (Å²) in [7, 11) is -3.46. The van der Waals surface area contributed by atoms with Gasteiger partial charge in [-0.15, -0.1) is 0 Å². The molecule has 1 heterocycles. The molecule has 1 aliphatic heterocycles. The largest absolute Gasteiger partial charge is 0.332 e. The lowest BCUT2D eigenvalue weighted by Crippen LogP contribution is -3.15. The number of rotatable bonds is 4. The van der Waals surface area contributed by atoms with Crippen LogP contribution in [0.1, 0.15) is 6.92 Å².